The first kappa shape index (κ1) is 18.3. The van der Waals surface area contributed by atoms with Gasteiger partial charge in [-0.2, -0.15) is 0 Å². The van der Waals surface area contributed by atoms with Crippen molar-refractivity contribution < 1.29 is 14.0 Å². The summed E-state index contributed by atoms with van der Waals surface area (Å²) in [5.41, 5.74) is 3.49. The molecule has 0 spiro atoms. The van der Waals surface area contributed by atoms with Gasteiger partial charge in [0, 0.05) is 16.8 Å². The predicted molar refractivity (Wildman–Crippen MR) is 105 cm³/mol. The van der Waals surface area contributed by atoms with Crippen LogP contribution in [0.1, 0.15) is 31.8 Å². The van der Waals surface area contributed by atoms with Gasteiger partial charge in [0.25, 0.3) is 11.8 Å². The van der Waals surface area contributed by atoms with E-state index in [1.165, 1.54) is 18.2 Å². The lowest BCUT2D eigenvalue weighted by atomic mass is 10.1. The minimum atomic E-state index is -0.519. The number of carbonyl (C=O) groups excluding carboxylic acids is 2. The fourth-order valence-corrected chi connectivity index (χ4v) is 2.81. The Labute approximate surface area is 157 Å². The molecule has 3 aromatic carbocycles. The summed E-state index contributed by atoms with van der Waals surface area (Å²) in [7, 11) is 0. The number of hydrogen-bond donors (Lipinski definition) is 2. The number of anilines is 2. The standard InChI is InChI=1S/C22H19FN2O2/c1-14-10-15(2)12-18(11-14)24-21(26)16-6-5-7-17(13-16)22(27)25-20-9-4-3-8-19(20)23/h3-13H,1-2H3,(H,24,26)(H,25,27). The maximum atomic E-state index is 13.7. The summed E-state index contributed by atoms with van der Waals surface area (Å²) in [6, 6.07) is 18.0. The maximum Gasteiger partial charge on any atom is 0.255 e. The highest BCUT2D eigenvalue weighted by Crippen LogP contribution is 2.17. The van der Waals surface area contributed by atoms with E-state index in [9.17, 15) is 14.0 Å². The quantitative estimate of drug-likeness (QED) is 0.690. The summed E-state index contributed by atoms with van der Waals surface area (Å²) in [4.78, 5) is 24.9. The molecule has 0 bridgehead atoms. The predicted octanol–water partition coefficient (Wildman–Crippen LogP) is 4.95. The first-order valence-corrected chi connectivity index (χ1v) is 8.48. The Morgan fingerprint density at radius 1 is 0.741 bits per heavy atom. The van der Waals surface area contributed by atoms with Crippen molar-refractivity contribution in [3.8, 4) is 0 Å². The van der Waals surface area contributed by atoms with Crippen LogP contribution in [0, 0.1) is 19.7 Å². The zero-order valence-corrected chi connectivity index (χ0v) is 15.0. The Bertz CT molecular complexity index is 994. The molecule has 5 heteroatoms. The van der Waals surface area contributed by atoms with Gasteiger partial charge in [0.15, 0.2) is 0 Å². The Kier molecular flexibility index (Phi) is 5.31. The number of para-hydroxylation sites is 1. The molecule has 136 valence electrons. The van der Waals surface area contributed by atoms with Crippen molar-refractivity contribution in [2.75, 3.05) is 10.6 Å². The van der Waals surface area contributed by atoms with Crippen molar-refractivity contribution in [1.29, 1.82) is 0 Å². The summed E-state index contributed by atoms with van der Waals surface area (Å²) in [5, 5.41) is 5.35. The number of carbonyl (C=O) groups is 2. The molecule has 0 atom stereocenters. The summed E-state index contributed by atoms with van der Waals surface area (Å²) in [6.45, 7) is 3.91. The molecule has 0 saturated carbocycles. The van der Waals surface area contributed by atoms with E-state index in [0.717, 1.165) is 11.1 Å². The van der Waals surface area contributed by atoms with Crippen LogP contribution in [0.3, 0.4) is 0 Å². The van der Waals surface area contributed by atoms with Crippen molar-refractivity contribution in [3.05, 3.63) is 94.8 Å². The molecule has 3 aromatic rings. The molecule has 0 heterocycles. The van der Waals surface area contributed by atoms with Gasteiger partial charge in [-0.05, 0) is 67.4 Å². The summed E-state index contributed by atoms with van der Waals surface area (Å²) < 4.78 is 13.7. The van der Waals surface area contributed by atoms with Crippen molar-refractivity contribution in [3.63, 3.8) is 0 Å². The molecular formula is C22H19FN2O2. The van der Waals surface area contributed by atoms with Crippen LogP contribution in [0.2, 0.25) is 0 Å². The van der Waals surface area contributed by atoms with Crippen molar-refractivity contribution >= 4 is 23.2 Å². The first-order chi connectivity index (χ1) is 12.9. The molecule has 4 nitrogen and oxygen atoms in total. The summed E-state index contributed by atoms with van der Waals surface area (Å²) in [5.74, 6) is -1.32. The molecule has 2 N–H and O–H groups in total. The van der Waals surface area contributed by atoms with E-state index >= 15 is 0 Å². The Hall–Kier alpha value is -3.47. The third-order valence-corrected chi connectivity index (χ3v) is 3.99. The Morgan fingerprint density at radius 3 is 1.96 bits per heavy atom. The minimum Gasteiger partial charge on any atom is -0.322 e. The molecule has 0 aromatic heterocycles. The first-order valence-electron chi connectivity index (χ1n) is 8.48. The number of rotatable bonds is 4. The highest BCUT2D eigenvalue weighted by atomic mass is 19.1. The molecule has 0 radical (unpaired) electrons. The molecule has 0 unspecified atom stereocenters. The molecule has 27 heavy (non-hydrogen) atoms. The van der Waals surface area contributed by atoms with Crippen LogP contribution in [0.25, 0.3) is 0 Å². The molecule has 0 saturated heterocycles. The smallest absolute Gasteiger partial charge is 0.255 e. The van der Waals surface area contributed by atoms with Crippen molar-refractivity contribution in [2.45, 2.75) is 13.8 Å². The number of aryl methyl sites for hydroxylation is 2. The zero-order chi connectivity index (χ0) is 19.4. The third kappa shape index (κ3) is 4.58. The van der Waals surface area contributed by atoms with Gasteiger partial charge in [-0.25, -0.2) is 4.39 Å². The van der Waals surface area contributed by atoms with Crippen LogP contribution in [-0.2, 0) is 0 Å². The van der Waals surface area contributed by atoms with Crippen LogP contribution in [0.5, 0.6) is 0 Å². The molecule has 0 aliphatic heterocycles. The van der Waals surface area contributed by atoms with Crippen molar-refractivity contribution in [1.82, 2.24) is 0 Å². The topological polar surface area (TPSA) is 58.2 Å². The highest BCUT2D eigenvalue weighted by molar-refractivity contribution is 6.08. The molecular weight excluding hydrogens is 343 g/mol. The second kappa shape index (κ2) is 7.83. The van der Waals surface area contributed by atoms with E-state index < -0.39 is 11.7 Å². The second-order valence-corrected chi connectivity index (χ2v) is 6.35. The monoisotopic (exact) mass is 362 g/mol. The SMILES string of the molecule is Cc1cc(C)cc(NC(=O)c2cccc(C(=O)Nc3ccccc3F)c2)c1. The van der Waals surface area contributed by atoms with E-state index in [0.29, 0.717) is 11.3 Å². The Morgan fingerprint density at radius 2 is 1.33 bits per heavy atom. The van der Waals surface area contributed by atoms with Crippen LogP contribution >= 0.6 is 0 Å². The van der Waals surface area contributed by atoms with E-state index in [-0.39, 0.29) is 17.2 Å². The average molecular weight is 362 g/mol. The lowest BCUT2D eigenvalue weighted by molar-refractivity contribution is 0.102. The maximum absolute atomic E-state index is 13.7. The molecule has 0 aliphatic carbocycles. The fraction of sp³-hybridized carbons (Fsp3) is 0.0909. The van der Waals surface area contributed by atoms with E-state index in [4.69, 9.17) is 0 Å². The van der Waals surface area contributed by atoms with Gasteiger partial charge in [-0.1, -0.05) is 24.3 Å². The number of nitrogens with one attached hydrogen (secondary N) is 2. The zero-order valence-electron chi connectivity index (χ0n) is 15.0. The number of benzene rings is 3. The number of hydrogen-bond acceptors (Lipinski definition) is 2. The average Bonchev–Trinajstić information content (AvgIpc) is 2.63. The number of halogens is 1. The fourth-order valence-electron chi connectivity index (χ4n) is 2.81. The van der Waals surface area contributed by atoms with E-state index in [1.54, 1.807) is 30.3 Å². The van der Waals surface area contributed by atoms with Crippen LogP contribution < -0.4 is 10.6 Å². The normalized spacial score (nSPS) is 10.3. The number of amides is 2. The van der Waals surface area contributed by atoms with Gasteiger partial charge in [-0.15, -0.1) is 0 Å². The molecule has 3 rings (SSSR count). The van der Waals surface area contributed by atoms with Gasteiger partial charge < -0.3 is 10.6 Å². The van der Waals surface area contributed by atoms with Crippen LogP contribution in [0.15, 0.2) is 66.7 Å². The van der Waals surface area contributed by atoms with Gasteiger partial charge in [0.1, 0.15) is 5.82 Å². The van der Waals surface area contributed by atoms with Crippen LogP contribution in [-0.4, -0.2) is 11.8 Å². The lowest BCUT2D eigenvalue weighted by Gasteiger charge is -2.09. The largest absolute Gasteiger partial charge is 0.322 e. The Balaban J connectivity index is 1.77. The van der Waals surface area contributed by atoms with Gasteiger partial charge in [0.2, 0.25) is 0 Å². The second-order valence-electron chi connectivity index (χ2n) is 6.35. The van der Waals surface area contributed by atoms with Gasteiger partial charge in [0.05, 0.1) is 5.69 Å². The van der Waals surface area contributed by atoms with Crippen LogP contribution in [0.4, 0.5) is 15.8 Å². The lowest BCUT2D eigenvalue weighted by Crippen LogP contribution is -2.16. The summed E-state index contributed by atoms with van der Waals surface area (Å²) in [6.07, 6.45) is 0. The highest BCUT2D eigenvalue weighted by Gasteiger charge is 2.12. The molecule has 0 aliphatic rings. The van der Waals surface area contributed by atoms with Gasteiger partial charge >= 0.3 is 0 Å². The minimum absolute atomic E-state index is 0.0904. The van der Waals surface area contributed by atoms with E-state index in [1.807, 2.05) is 32.0 Å². The third-order valence-electron chi connectivity index (χ3n) is 3.99. The van der Waals surface area contributed by atoms with Crippen molar-refractivity contribution in [2.24, 2.45) is 0 Å². The molecule has 0 fully saturated rings. The van der Waals surface area contributed by atoms with Gasteiger partial charge in [-0.3, -0.25) is 9.59 Å². The summed E-state index contributed by atoms with van der Waals surface area (Å²) >= 11 is 0. The molecule has 2 amide bonds. The van der Waals surface area contributed by atoms with E-state index in [2.05, 4.69) is 10.6 Å².